The van der Waals surface area contributed by atoms with E-state index in [-0.39, 0.29) is 0 Å². The van der Waals surface area contributed by atoms with E-state index in [0.717, 1.165) is 22.2 Å². The van der Waals surface area contributed by atoms with Crippen molar-refractivity contribution in [3.05, 3.63) is 72.3 Å². The molecule has 0 amide bonds. The minimum absolute atomic E-state index is 0.582. The average Bonchev–Trinajstić information content (AvgIpc) is 3.31. The number of aryl methyl sites for hydroxylation is 2. The molecule has 4 rings (SSSR count). The van der Waals surface area contributed by atoms with Crippen LogP contribution in [-0.2, 0) is 14.1 Å². The fourth-order valence-electron chi connectivity index (χ4n) is 2.81. The molecular formula is C20H20N8. The molecule has 0 aliphatic rings. The molecule has 2 N–H and O–H groups in total. The monoisotopic (exact) mass is 372 g/mol. The summed E-state index contributed by atoms with van der Waals surface area (Å²) in [5.74, 6) is 1.16. The van der Waals surface area contributed by atoms with Crippen LogP contribution in [0.15, 0.2) is 71.1 Å². The van der Waals surface area contributed by atoms with E-state index in [1.165, 1.54) is 0 Å². The van der Waals surface area contributed by atoms with E-state index in [1.807, 2.05) is 84.2 Å². The summed E-state index contributed by atoms with van der Waals surface area (Å²) < 4.78 is 3.96. The maximum Gasteiger partial charge on any atom is 0.176 e. The Labute approximate surface area is 162 Å². The second-order valence-corrected chi connectivity index (χ2v) is 6.27. The van der Waals surface area contributed by atoms with Crippen molar-refractivity contribution >= 4 is 34.8 Å². The van der Waals surface area contributed by atoms with E-state index in [0.29, 0.717) is 11.6 Å². The van der Waals surface area contributed by atoms with Crippen LogP contribution in [0.1, 0.15) is 11.4 Å². The van der Waals surface area contributed by atoms with Gasteiger partial charge in [-0.15, -0.1) is 10.2 Å². The van der Waals surface area contributed by atoms with Crippen LogP contribution in [0.25, 0.3) is 10.8 Å². The van der Waals surface area contributed by atoms with Crippen LogP contribution < -0.4 is 10.9 Å². The second kappa shape index (κ2) is 7.75. The van der Waals surface area contributed by atoms with Gasteiger partial charge in [-0.3, -0.25) is 10.9 Å². The van der Waals surface area contributed by atoms with E-state index >= 15 is 0 Å². The zero-order chi connectivity index (χ0) is 19.3. The third kappa shape index (κ3) is 3.61. The Kier molecular flexibility index (Phi) is 4.83. The van der Waals surface area contributed by atoms with Crippen molar-refractivity contribution in [3.8, 4) is 0 Å². The Balaban J connectivity index is 1.56. The van der Waals surface area contributed by atoms with Crippen molar-refractivity contribution in [2.24, 2.45) is 24.3 Å². The smallest absolute Gasteiger partial charge is 0.176 e. The van der Waals surface area contributed by atoms with Crippen LogP contribution in [0.2, 0.25) is 0 Å². The molecule has 1 aromatic carbocycles. The number of rotatable bonds is 6. The number of hydrogen-bond acceptors (Lipinski definition) is 6. The maximum atomic E-state index is 4.28. The molecule has 0 unspecified atom stereocenters. The third-order valence-electron chi connectivity index (χ3n) is 4.39. The number of hydrazone groups is 2. The molecule has 28 heavy (non-hydrogen) atoms. The summed E-state index contributed by atoms with van der Waals surface area (Å²) in [6.07, 6.45) is 7.42. The van der Waals surface area contributed by atoms with Gasteiger partial charge < -0.3 is 9.13 Å². The van der Waals surface area contributed by atoms with Gasteiger partial charge >= 0.3 is 0 Å². The lowest BCUT2D eigenvalue weighted by Crippen LogP contribution is -2.02. The molecule has 0 spiro atoms. The lowest BCUT2D eigenvalue weighted by atomic mass is 10.2. The Bertz CT molecular complexity index is 1060. The number of aromatic nitrogens is 4. The summed E-state index contributed by atoms with van der Waals surface area (Å²) >= 11 is 0. The van der Waals surface area contributed by atoms with Gasteiger partial charge in [0.2, 0.25) is 0 Å². The maximum absolute atomic E-state index is 4.28. The zero-order valence-electron chi connectivity index (χ0n) is 15.6. The summed E-state index contributed by atoms with van der Waals surface area (Å²) in [7, 11) is 3.93. The molecule has 8 heteroatoms. The number of hydrogen-bond donors (Lipinski definition) is 2. The van der Waals surface area contributed by atoms with Crippen LogP contribution in [0.3, 0.4) is 0 Å². The molecule has 0 radical (unpaired) electrons. The highest BCUT2D eigenvalue weighted by Crippen LogP contribution is 2.25. The van der Waals surface area contributed by atoms with Gasteiger partial charge in [0.1, 0.15) is 0 Å². The molecule has 3 heterocycles. The van der Waals surface area contributed by atoms with Crippen LogP contribution >= 0.6 is 0 Å². The topological polar surface area (TPSA) is 84.4 Å². The van der Waals surface area contributed by atoms with Crippen LogP contribution in [0, 0.1) is 0 Å². The molecule has 0 saturated heterocycles. The Morgan fingerprint density at radius 1 is 0.714 bits per heavy atom. The van der Waals surface area contributed by atoms with Crippen LogP contribution in [0.5, 0.6) is 0 Å². The first kappa shape index (κ1) is 17.5. The van der Waals surface area contributed by atoms with Gasteiger partial charge in [-0.05, 0) is 24.3 Å². The SMILES string of the molecule is Cn1cccc1/C=N/Nc1nnc(N/N=C/c2cccn2C)c2ccccc12. The predicted octanol–water partition coefficient (Wildman–Crippen LogP) is 3.20. The number of nitrogens with zero attached hydrogens (tertiary/aromatic N) is 6. The van der Waals surface area contributed by atoms with Gasteiger partial charge in [0, 0.05) is 37.3 Å². The predicted molar refractivity (Wildman–Crippen MR) is 113 cm³/mol. The summed E-state index contributed by atoms with van der Waals surface area (Å²) in [6, 6.07) is 15.7. The minimum atomic E-state index is 0.582. The van der Waals surface area contributed by atoms with Crippen LogP contribution in [0.4, 0.5) is 11.6 Å². The van der Waals surface area contributed by atoms with Crippen molar-refractivity contribution in [2.75, 3.05) is 10.9 Å². The molecule has 0 saturated carbocycles. The van der Waals surface area contributed by atoms with E-state index < -0.39 is 0 Å². The first-order chi connectivity index (χ1) is 13.7. The molecule has 0 bridgehead atoms. The molecule has 0 atom stereocenters. The second-order valence-electron chi connectivity index (χ2n) is 6.27. The molecule has 4 aromatic rings. The Morgan fingerprint density at radius 2 is 1.18 bits per heavy atom. The molecular weight excluding hydrogens is 352 g/mol. The summed E-state index contributed by atoms with van der Waals surface area (Å²) in [5.41, 5.74) is 7.93. The highest BCUT2D eigenvalue weighted by atomic mass is 15.4. The number of benzene rings is 1. The van der Waals surface area contributed by atoms with E-state index in [9.17, 15) is 0 Å². The molecule has 0 aliphatic carbocycles. The lowest BCUT2D eigenvalue weighted by Gasteiger charge is -2.08. The normalized spacial score (nSPS) is 11.6. The Morgan fingerprint density at radius 3 is 1.57 bits per heavy atom. The van der Waals surface area contributed by atoms with Crippen molar-refractivity contribution in [3.63, 3.8) is 0 Å². The number of fused-ring (bicyclic) bond motifs is 1. The standard InChI is InChI=1S/C20H20N8/c1-27-11-5-7-15(27)13-21-23-19-17-9-3-4-10-18(17)20(26-25-19)24-22-14-16-8-6-12-28(16)2/h3-14H,1-2H3,(H,23,25)(H,24,26)/b21-13+,22-14+. The number of nitrogens with one attached hydrogen (secondary N) is 2. The summed E-state index contributed by atoms with van der Waals surface area (Å²) in [4.78, 5) is 0. The van der Waals surface area contributed by atoms with E-state index in [4.69, 9.17) is 0 Å². The van der Waals surface area contributed by atoms with Gasteiger partial charge in [-0.25, -0.2) is 0 Å². The van der Waals surface area contributed by atoms with Gasteiger partial charge in [-0.1, -0.05) is 24.3 Å². The quantitative estimate of drug-likeness (QED) is 0.402. The van der Waals surface area contributed by atoms with Gasteiger partial charge in [0.05, 0.1) is 23.8 Å². The van der Waals surface area contributed by atoms with E-state index in [1.54, 1.807) is 12.4 Å². The number of anilines is 2. The van der Waals surface area contributed by atoms with Gasteiger partial charge in [0.15, 0.2) is 11.6 Å². The van der Waals surface area contributed by atoms with Crippen molar-refractivity contribution in [2.45, 2.75) is 0 Å². The average molecular weight is 372 g/mol. The third-order valence-corrected chi connectivity index (χ3v) is 4.39. The van der Waals surface area contributed by atoms with E-state index in [2.05, 4.69) is 31.3 Å². The van der Waals surface area contributed by atoms with Crippen LogP contribution in [-0.4, -0.2) is 31.8 Å². The van der Waals surface area contributed by atoms with Crippen molar-refractivity contribution in [1.82, 2.24) is 19.3 Å². The first-order valence-corrected chi connectivity index (χ1v) is 8.78. The highest BCUT2D eigenvalue weighted by molar-refractivity contribution is 5.98. The molecule has 140 valence electrons. The first-order valence-electron chi connectivity index (χ1n) is 8.78. The molecule has 0 aliphatic heterocycles. The largest absolute Gasteiger partial charge is 0.350 e. The molecule has 0 fully saturated rings. The van der Waals surface area contributed by atoms with Gasteiger partial charge in [-0.2, -0.15) is 10.2 Å². The fraction of sp³-hybridized carbons (Fsp3) is 0.100. The van der Waals surface area contributed by atoms with Crippen molar-refractivity contribution in [1.29, 1.82) is 0 Å². The fourth-order valence-corrected chi connectivity index (χ4v) is 2.81. The Hall–Kier alpha value is -3.94. The lowest BCUT2D eigenvalue weighted by molar-refractivity contribution is 0.917. The summed E-state index contributed by atoms with van der Waals surface area (Å²) in [6.45, 7) is 0. The summed E-state index contributed by atoms with van der Waals surface area (Å²) in [5, 5.41) is 18.9. The van der Waals surface area contributed by atoms with Gasteiger partial charge in [0.25, 0.3) is 0 Å². The zero-order valence-corrected chi connectivity index (χ0v) is 15.6. The molecule has 3 aromatic heterocycles. The molecule has 8 nitrogen and oxygen atoms in total. The highest BCUT2D eigenvalue weighted by Gasteiger charge is 2.08. The van der Waals surface area contributed by atoms with Crippen molar-refractivity contribution < 1.29 is 0 Å². The minimum Gasteiger partial charge on any atom is -0.350 e.